The van der Waals surface area contributed by atoms with Crippen LogP contribution in [0.4, 0.5) is 5.69 Å². The number of aromatic carboxylic acids is 1. The summed E-state index contributed by atoms with van der Waals surface area (Å²) in [5.74, 6) is -1.16. The number of nitrogens with one attached hydrogen (secondary N) is 2. The Bertz CT molecular complexity index is 631. The third kappa shape index (κ3) is 6.46. The molecule has 0 spiro atoms. The average molecular weight is 358 g/mol. The molecule has 0 saturated heterocycles. The van der Waals surface area contributed by atoms with Gasteiger partial charge in [0.2, 0.25) is 10.0 Å². The highest BCUT2D eigenvalue weighted by Crippen LogP contribution is 2.23. The van der Waals surface area contributed by atoms with Gasteiger partial charge in [-0.05, 0) is 31.0 Å². The molecule has 0 atom stereocenters. The number of ether oxygens (including phenoxy) is 1. The lowest BCUT2D eigenvalue weighted by atomic mass is 10.2. The zero-order valence-corrected chi connectivity index (χ0v) is 15.0. The molecule has 1 aromatic rings. The monoisotopic (exact) mass is 358 g/mol. The van der Waals surface area contributed by atoms with Crippen LogP contribution in [0.2, 0.25) is 0 Å². The third-order valence-corrected chi connectivity index (χ3v) is 4.93. The summed E-state index contributed by atoms with van der Waals surface area (Å²) in [7, 11) is -2.26. The lowest BCUT2D eigenvalue weighted by Crippen LogP contribution is -2.26. The number of sulfonamides is 1. The van der Waals surface area contributed by atoms with Gasteiger partial charge in [-0.3, -0.25) is 0 Å². The molecule has 0 fully saturated rings. The zero-order chi connectivity index (χ0) is 18.0. The van der Waals surface area contributed by atoms with Crippen LogP contribution in [0.15, 0.2) is 23.1 Å². The normalized spacial score (nSPS) is 11.4. The van der Waals surface area contributed by atoms with Crippen LogP contribution in [0.5, 0.6) is 0 Å². The second-order valence-corrected chi connectivity index (χ2v) is 7.13. The first-order valence-corrected chi connectivity index (χ1v) is 9.50. The Balaban J connectivity index is 2.97. The largest absolute Gasteiger partial charge is 0.478 e. The van der Waals surface area contributed by atoms with Gasteiger partial charge in [0, 0.05) is 26.8 Å². The van der Waals surface area contributed by atoms with Gasteiger partial charge in [0.1, 0.15) is 4.90 Å². The molecule has 1 aromatic carbocycles. The number of carbonyl (C=O) groups is 1. The minimum absolute atomic E-state index is 0.0451. The second-order valence-electron chi connectivity index (χ2n) is 5.39. The second kappa shape index (κ2) is 10.3. The molecule has 8 heteroatoms. The van der Waals surface area contributed by atoms with Crippen LogP contribution in [-0.2, 0) is 14.8 Å². The molecule has 0 heterocycles. The van der Waals surface area contributed by atoms with Crippen molar-refractivity contribution in [3.63, 3.8) is 0 Å². The van der Waals surface area contributed by atoms with Crippen LogP contribution < -0.4 is 10.0 Å². The number of unbranched alkanes of at least 4 members (excludes halogenated alkanes) is 2. The van der Waals surface area contributed by atoms with Gasteiger partial charge in [0.05, 0.1) is 11.3 Å². The fourth-order valence-electron chi connectivity index (χ4n) is 2.12. The lowest BCUT2D eigenvalue weighted by molar-refractivity contribution is 0.0696. The van der Waals surface area contributed by atoms with E-state index in [1.54, 1.807) is 7.11 Å². The molecule has 0 unspecified atom stereocenters. The number of methoxy groups -OCH3 is 1. The van der Waals surface area contributed by atoms with Gasteiger partial charge in [0.25, 0.3) is 0 Å². The van der Waals surface area contributed by atoms with Crippen molar-refractivity contribution in [1.82, 2.24) is 4.72 Å². The SMILES string of the molecule is CCCCCNc1ccc(C(=O)O)cc1S(=O)(=O)NCCCOC. The molecular formula is C16H26N2O5S. The van der Waals surface area contributed by atoms with Crippen molar-refractivity contribution in [1.29, 1.82) is 0 Å². The van der Waals surface area contributed by atoms with Gasteiger partial charge in [-0.15, -0.1) is 0 Å². The number of benzene rings is 1. The molecule has 0 amide bonds. The number of carboxylic acid groups (broad SMARTS) is 1. The predicted molar refractivity (Wildman–Crippen MR) is 93.1 cm³/mol. The van der Waals surface area contributed by atoms with Gasteiger partial charge in [0.15, 0.2) is 0 Å². The molecule has 24 heavy (non-hydrogen) atoms. The van der Waals surface area contributed by atoms with Crippen molar-refractivity contribution in [3.05, 3.63) is 23.8 Å². The van der Waals surface area contributed by atoms with Crippen LogP contribution in [0, 0.1) is 0 Å². The van der Waals surface area contributed by atoms with Crippen LogP contribution in [-0.4, -0.2) is 46.3 Å². The molecule has 0 bridgehead atoms. The van der Waals surface area contributed by atoms with Crippen molar-refractivity contribution in [2.24, 2.45) is 0 Å². The van der Waals surface area contributed by atoms with E-state index < -0.39 is 16.0 Å². The maximum Gasteiger partial charge on any atom is 0.335 e. The summed E-state index contributed by atoms with van der Waals surface area (Å²) in [6.07, 6.45) is 3.55. The summed E-state index contributed by atoms with van der Waals surface area (Å²) < 4.78 is 32.4. The molecule has 0 saturated carbocycles. The highest BCUT2D eigenvalue weighted by atomic mass is 32.2. The van der Waals surface area contributed by atoms with Crippen LogP contribution in [0.3, 0.4) is 0 Å². The molecular weight excluding hydrogens is 332 g/mol. The average Bonchev–Trinajstić information content (AvgIpc) is 2.55. The van der Waals surface area contributed by atoms with Gasteiger partial charge in [-0.2, -0.15) is 0 Å². The van der Waals surface area contributed by atoms with E-state index in [1.165, 1.54) is 18.2 Å². The van der Waals surface area contributed by atoms with E-state index in [-0.39, 0.29) is 17.0 Å². The van der Waals surface area contributed by atoms with E-state index >= 15 is 0 Å². The summed E-state index contributed by atoms with van der Waals surface area (Å²) in [5, 5.41) is 12.2. The molecule has 0 aliphatic heterocycles. The Morgan fingerprint density at radius 1 is 1.21 bits per heavy atom. The van der Waals surface area contributed by atoms with Crippen LogP contribution in [0.1, 0.15) is 43.0 Å². The molecule has 0 radical (unpaired) electrons. The van der Waals surface area contributed by atoms with Gasteiger partial charge in [-0.25, -0.2) is 17.9 Å². The van der Waals surface area contributed by atoms with E-state index in [4.69, 9.17) is 9.84 Å². The van der Waals surface area contributed by atoms with Crippen molar-refractivity contribution >= 4 is 21.7 Å². The van der Waals surface area contributed by atoms with Crippen molar-refractivity contribution in [2.75, 3.05) is 32.1 Å². The van der Waals surface area contributed by atoms with Gasteiger partial charge < -0.3 is 15.2 Å². The standard InChI is InChI=1S/C16H26N2O5S/c1-3-4-5-9-17-14-8-7-13(16(19)20)12-15(14)24(21,22)18-10-6-11-23-2/h7-8,12,17-18H,3-6,9-11H2,1-2H3,(H,19,20). The minimum Gasteiger partial charge on any atom is -0.478 e. The van der Waals surface area contributed by atoms with E-state index in [1.807, 2.05) is 0 Å². The fraction of sp³-hybridized carbons (Fsp3) is 0.562. The van der Waals surface area contributed by atoms with Crippen molar-refractivity contribution in [2.45, 2.75) is 37.5 Å². The van der Waals surface area contributed by atoms with Crippen molar-refractivity contribution in [3.8, 4) is 0 Å². The van der Waals surface area contributed by atoms with E-state index in [9.17, 15) is 13.2 Å². The van der Waals surface area contributed by atoms with E-state index in [2.05, 4.69) is 17.0 Å². The molecule has 7 nitrogen and oxygen atoms in total. The van der Waals surface area contributed by atoms with Crippen LogP contribution in [0.25, 0.3) is 0 Å². The minimum atomic E-state index is -3.80. The summed E-state index contributed by atoms with van der Waals surface area (Å²) >= 11 is 0. The Morgan fingerprint density at radius 3 is 2.58 bits per heavy atom. The molecule has 0 aliphatic rings. The highest BCUT2D eigenvalue weighted by Gasteiger charge is 2.20. The fourth-order valence-corrected chi connectivity index (χ4v) is 3.40. The topological polar surface area (TPSA) is 105 Å². The molecule has 0 aliphatic carbocycles. The maximum absolute atomic E-state index is 12.5. The Morgan fingerprint density at radius 2 is 1.96 bits per heavy atom. The molecule has 136 valence electrons. The van der Waals surface area contributed by atoms with Crippen LogP contribution >= 0.6 is 0 Å². The molecule has 3 N–H and O–H groups in total. The summed E-state index contributed by atoms with van der Waals surface area (Å²) in [6, 6.07) is 4.08. The smallest absolute Gasteiger partial charge is 0.335 e. The number of anilines is 1. The number of rotatable bonds is 12. The number of hydrogen-bond acceptors (Lipinski definition) is 5. The Labute approximate surface area is 143 Å². The summed E-state index contributed by atoms with van der Waals surface area (Å²) in [6.45, 7) is 3.39. The molecule has 0 aromatic heterocycles. The Kier molecular flexibility index (Phi) is 8.73. The first-order chi connectivity index (χ1) is 11.4. The number of hydrogen-bond donors (Lipinski definition) is 3. The summed E-state index contributed by atoms with van der Waals surface area (Å²) in [4.78, 5) is 11.1. The number of carboxylic acids is 1. The highest BCUT2D eigenvalue weighted by molar-refractivity contribution is 7.89. The van der Waals surface area contributed by atoms with Gasteiger partial charge >= 0.3 is 5.97 Å². The molecule has 1 rings (SSSR count). The Hall–Kier alpha value is -1.64. The van der Waals surface area contributed by atoms with E-state index in [0.29, 0.717) is 25.3 Å². The first-order valence-electron chi connectivity index (χ1n) is 8.02. The zero-order valence-electron chi connectivity index (χ0n) is 14.2. The summed E-state index contributed by atoms with van der Waals surface area (Å²) in [5.41, 5.74) is 0.349. The van der Waals surface area contributed by atoms with Crippen molar-refractivity contribution < 1.29 is 23.1 Å². The first kappa shape index (κ1) is 20.4. The van der Waals surface area contributed by atoms with E-state index in [0.717, 1.165) is 19.3 Å². The third-order valence-electron chi connectivity index (χ3n) is 3.43. The van der Waals surface area contributed by atoms with Gasteiger partial charge in [-0.1, -0.05) is 19.8 Å². The maximum atomic E-state index is 12.5. The quantitative estimate of drug-likeness (QED) is 0.495. The lowest BCUT2D eigenvalue weighted by Gasteiger charge is -2.14. The predicted octanol–water partition coefficient (Wildman–Crippen LogP) is 2.30.